The molecule has 0 unspecified atom stereocenters. The van der Waals surface area contributed by atoms with Crippen molar-refractivity contribution in [3.05, 3.63) is 58.4 Å². The average Bonchev–Trinajstić information content (AvgIpc) is 2.38. The molecular formula is C14H13BClFO3. The van der Waals surface area contributed by atoms with Crippen molar-refractivity contribution in [1.29, 1.82) is 0 Å². The van der Waals surface area contributed by atoms with Crippen LogP contribution >= 0.6 is 11.6 Å². The molecule has 2 aromatic rings. The van der Waals surface area contributed by atoms with E-state index in [1.165, 1.54) is 12.1 Å². The first-order chi connectivity index (χ1) is 9.47. The number of hydrogen-bond donors (Lipinski definition) is 2. The molecule has 3 nitrogen and oxygen atoms in total. The summed E-state index contributed by atoms with van der Waals surface area (Å²) in [5, 5.41) is 18.9. The van der Waals surface area contributed by atoms with Crippen molar-refractivity contribution >= 4 is 24.2 Å². The van der Waals surface area contributed by atoms with Gasteiger partial charge in [-0.3, -0.25) is 0 Å². The van der Waals surface area contributed by atoms with Gasteiger partial charge in [-0.1, -0.05) is 35.4 Å². The van der Waals surface area contributed by atoms with E-state index in [0.717, 1.165) is 5.56 Å². The van der Waals surface area contributed by atoms with E-state index in [2.05, 4.69) is 0 Å². The van der Waals surface area contributed by atoms with Gasteiger partial charge in [0.25, 0.3) is 0 Å². The lowest BCUT2D eigenvalue weighted by Crippen LogP contribution is -2.31. The van der Waals surface area contributed by atoms with Gasteiger partial charge < -0.3 is 14.8 Å². The van der Waals surface area contributed by atoms with E-state index in [0.29, 0.717) is 16.3 Å². The van der Waals surface area contributed by atoms with E-state index in [-0.39, 0.29) is 12.1 Å². The Labute approximate surface area is 121 Å². The zero-order chi connectivity index (χ0) is 14.7. The molecule has 0 heterocycles. The number of ether oxygens (including phenoxy) is 1. The van der Waals surface area contributed by atoms with Crippen LogP contribution in [0, 0.1) is 12.7 Å². The van der Waals surface area contributed by atoms with E-state index in [9.17, 15) is 14.4 Å². The summed E-state index contributed by atoms with van der Waals surface area (Å²) < 4.78 is 19.1. The third-order valence-electron chi connectivity index (χ3n) is 2.84. The lowest BCUT2D eigenvalue weighted by Gasteiger charge is -2.12. The number of halogens is 2. The molecule has 0 atom stereocenters. The van der Waals surface area contributed by atoms with Crippen LogP contribution in [0.4, 0.5) is 4.39 Å². The summed E-state index contributed by atoms with van der Waals surface area (Å²) in [6.07, 6.45) is 0. The molecule has 104 valence electrons. The van der Waals surface area contributed by atoms with E-state index >= 15 is 0 Å². The lowest BCUT2D eigenvalue weighted by molar-refractivity contribution is 0.300. The van der Waals surface area contributed by atoms with Gasteiger partial charge in [-0.2, -0.15) is 0 Å². The maximum atomic E-state index is 13.6. The van der Waals surface area contributed by atoms with Gasteiger partial charge >= 0.3 is 7.12 Å². The quantitative estimate of drug-likeness (QED) is 0.849. The van der Waals surface area contributed by atoms with E-state index < -0.39 is 12.9 Å². The number of benzene rings is 2. The van der Waals surface area contributed by atoms with Crippen LogP contribution in [-0.4, -0.2) is 17.2 Å². The highest BCUT2D eigenvalue weighted by molar-refractivity contribution is 6.59. The number of hydrogen-bond acceptors (Lipinski definition) is 3. The third kappa shape index (κ3) is 3.51. The van der Waals surface area contributed by atoms with Gasteiger partial charge in [0, 0.05) is 16.0 Å². The molecule has 0 aliphatic rings. The lowest BCUT2D eigenvalue weighted by atomic mass is 9.79. The van der Waals surface area contributed by atoms with Crippen LogP contribution in [0.5, 0.6) is 5.75 Å². The molecule has 0 amide bonds. The van der Waals surface area contributed by atoms with Crippen LogP contribution in [0.2, 0.25) is 5.02 Å². The van der Waals surface area contributed by atoms with Gasteiger partial charge in [0.15, 0.2) is 0 Å². The van der Waals surface area contributed by atoms with Crippen molar-refractivity contribution in [2.75, 3.05) is 0 Å². The Balaban J connectivity index is 2.18. The fraction of sp³-hybridized carbons (Fsp3) is 0.143. The van der Waals surface area contributed by atoms with Crippen LogP contribution in [0.3, 0.4) is 0 Å². The first kappa shape index (κ1) is 14.8. The average molecular weight is 295 g/mol. The first-order valence-corrected chi connectivity index (χ1v) is 6.38. The molecular weight excluding hydrogens is 281 g/mol. The molecule has 2 N–H and O–H groups in total. The second-order valence-electron chi connectivity index (χ2n) is 4.44. The van der Waals surface area contributed by atoms with Crippen LogP contribution in [0.1, 0.15) is 11.1 Å². The Hall–Kier alpha value is -1.56. The topological polar surface area (TPSA) is 49.7 Å². The first-order valence-electron chi connectivity index (χ1n) is 6.01. The van der Waals surface area contributed by atoms with Crippen molar-refractivity contribution in [1.82, 2.24) is 0 Å². The Morgan fingerprint density at radius 3 is 2.60 bits per heavy atom. The summed E-state index contributed by atoms with van der Waals surface area (Å²) in [7, 11) is -1.64. The Morgan fingerprint density at radius 2 is 1.95 bits per heavy atom. The molecule has 0 saturated heterocycles. The SMILES string of the molecule is Cc1ccc(OCc2ccc(Cl)cc2F)c(B(O)O)c1. The molecule has 0 spiro atoms. The predicted octanol–water partition coefficient (Wildman–Crippen LogP) is 2.05. The number of aryl methyl sites for hydroxylation is 1. The van der Waals surface area contributed by atoms with Gasteiger partial charge in [0.2, 0.25) is 0 Å². The Kier molecular flexibility index (Phi) is 4.65. The Morgan fingerprint density at radius 1 is 1.20 bits per heavy atom. The summed E-state index contributed by atoms with van der Waals surface area (Å²) in [4.78, 5) is 0. The molecule has 0 saturated carbocycles. The molecule has 0 fully saturated rings. The minimum Gasteiger partial charge on any atom is -0.489 e. The van der Waals surface area contributed by atoms with Gasteiger partial charge in [-0.15, -0.1) is 0 Å². The number of rotatable bonds is 4. The molecule has 0 radical (unpaired) electrons. The highest BCUT2D eigenvalue weighted by Gasteiger charge is 2.17. The minimum atomic E-state index is -1.64. The largest absolute Gasteiger partial charge is 0.492 e. The molecule has 0 aliphatic carbocycles. The summed E-state index contributed by atoms with van der Waals surface area (Å²) >= 11 is 5.67. The molecule has 2 rings (SSSR count). The van der Waals surface area contributed by atoms with Crippen molar-refractivity contribution < 1.29 is 19.2 Å². The maximum Gasteiger partial charge on any atom is 0.492 e. The van der Waals surface area contributed by atoms with Crippen LogP contribution < -0.4 is 10.2 Å². The fourth-order valence-electron chi connectivity index (χ4n) is 1.80. The zero-order valence-corrected chi connectivity index (χ0v) is 11.6. The van der Waals surface area contributed by atoms with E-state index in [4.69, 9.17) is 16.3 Å². The van der Waals surface area contributed by atoms with Crippen molar-refractivity contribution in [3.63, 3.8) is 0 Å². The van der Waals surface area contributed by atoms with E-state index in [1.807, 2.05) is 6.92 Å². The summed E-state index contributed by atoms with van der Waals surface area (Å²) in [5.41, 5.74) is 1.46. The highest BCUT2D eigenvalue weighted by Crippen LogP contribution is 2.17. The third-order valence-corrected chi connectivity index (χ3v) is 3.08. The Bertz CT molecular complexity index is 619. The van der Waals surface area contributed by atoms with Gasteiger partial charge in [-0.05, 0) is 25.1 Å². The van der Waals surface area contributed by atoms with Crippen molar-refractivity contribution in [2.45, 2.75) is 13.5 Å². The van der Waals surface area contributed by atoms with Crippen LogP contribution in [0.25, 0.3) is 0 Å². The fourth-order valence-corrected chi connectivity index (χ4v) is 1.95. The van der Waals surface area contributed by atoms with Crippen LogP contribution in [0.15, 0.2) is 36.4 Å². The van der Waals surface area contributed by atoms with Crippen LogP contribution in [-0.2, 0) is 6.61 Å². The molecule has 6 heteroatoms. The highest BCUT2D eigenvalue weighted by atomic mass is 35.5. The second-order valence-corrected chi connectivity index (χ2v) is 4.88. The van der Waals surface area contributed by atoms with Crippen molar-refractivity contribution in [3.8, 4) is 5.75 Å². The standard InChI is InChI=1S/C14H13BClFO3/c1-9-2-5-14(12(6-9)15(18)19)20-8-10-3-4-11(16)7-13(10)17/h2-7,18-19H,8H2,1H3. The molecule has 20 heavy (non-hydrogen) atoms. The zero-order valence-electron chi connectivity index (χ0n) is 10.8. The molecule has 0 aromatic heterocycles. The van der Waals surface area contributed by atoms with Gasteiger partial charge in [-0.25, -0.2) is 4.39 Å². The van der Waals surface area contributed by atoms with Crippen molar-refractivity contribution in [2.24, 2.45) is 0 Å². The predicted molar refractivity (Wildman–Crippen MR) is 76.7 cm³/mol. The summed E-state index contributed by atoms with van der Waals surface area (Å²) in [6.45, 7) is 1.81. The molecule has 0 bridgehead atoms. The van der Waals surface area contributed by atoms with Gasteiger partial charge in [0.05, 0.1) is 0 Å². The summed E-state index contributed by atoms with van der Waals surface area (Å²) in [5.74, 6) is -0.157. The normalized spacial score (nSPS) is 10.4. The summed E-state index contributed by atoms with van der Waals surface area (Å²) in [6, 6.07) is 9.31. The van der Waals surface area contributed by atoms with Gasteiger partial charge in [0.1, 0.15) is 18.2 Å². The smallest absolute Gasteiger partial charge is 0.489 e. The molecule has 2 aromatic carbocycles. The van der Waals surface area contributed by atoms with E-state index in [1.54, 1.807) is 24.3 Å². The monoisotopic (exact) mass is 294 g/mol. The molecule has 0 aliphatic heterocycles. The minimum absolute atomic E-state index is 0.0220. The maximum absolute atomic E-state index is 13.6. The second kappa shape index (κ2) is 6.26.